The molecule has 0 radical (unpaired) electrons. The van der Waals surface area contributed by atoms with E-state index in [1.165, 1.54) is 18.1 Å². The third-order valence-electron chi connectivity index (χ3n) is 4.49. The number of esters is 1. The highest BCUT2D eigenvalue weighted by molar-refractivity contribution is 6.01. The fourth-order valence-electron chi connectivity index (χ4n) is 3.02. The third kappa shape index (κ3) is 4.13. The van der Waals surface area contributed by atoms with Gasteiger partial charge in [0.25, 0.3) is 0 Å². The number of hydrogen-bond donors (Lipinski definition) is 1. The van der Waals surface area contributed by atoms with Gasteiger partial charge in [-0.1, -0.05) is 24.3 Å². The number of nitrogens with zero attached hydrogens (tertiary/aromatic N) is 1. The van der Waals surface area contributed by atoms with Crippen LogP contribution in [0.15, 0.2) is 48.5 Å². The summed E-state index contributed by atoms with van der Waals surface area (Å²) in [6, 6.07) is 12.7. The van der Waals surface area contributed by atoms with Gasteiger partial charge in [0.15, 0.2) is 0 Å². The summed E-state index contributed by atoms with van der Waals surface area (Å²) >= 11 is 0. The smallest absolute Gasteiger partial charge is 0.337 e. The van der Waals surface area contributed by atoms with Gasteiger partial charge in [0, 0.05) is 30.8 Å². The highest BCUT2D eigenvalue weighted by atomic mass is 19.1. The van der Waals surface area contributed by atoms with Crippen molar-refractivity contribution in [2.75, 3.05) is 18.6 Å². The number of carbonyl (C=O) groups excluding carboxylic acids is 3. The summed E-state index contributed by atoms with van der Waals surface area (Å²) < 4.78 is 18.3. The summed E-state index contributed by atoms with van der Waals surface area (Å²) in [6.45, 7) is 0.264. The fraction of sp³-hybridized carbons (Fsp3) is 0.250. The topological polar surface area (TPSA) is 75.7 Å². The van der Waals surface area contributed by atoms with Crippen molar-refractivity contribution in [1.29, 1.82) is 0 Å². The first-order chi connectivity index (χ1) is 13.0. The largest absolute Gasteiger partial charge is 0.465 e. The lowest BCUT2D eigenvalue weighted by Gasteiger charge is -2.17. The first-order valence-electron chi connectivity index (χ1n) is 8.49. The molecule has 1 unspecified atom stereocenters. The quantitative estimate of drug-likeness (QED) is 0.820. The summed E-state index contributed by atoms with van der Waals surface area (Å²) in [5.41, 5.74) is 1.25. The van der Waals surface area contributed by atoms with E-state index in [1.54, 1.807) is 42.5 Å². The van der Waals surface area contributed by atoms with Crippen molar-refractivity contribution in [2.24, 2.45) is 5.92 Å². The van der Waals surface area contributed by atoms with Gasteiger partial charge in [0.05, 0.1) is 18.6 Å². The Morgan fingerprint density at radius 2 is 2.00 bits per heavy atom. The SMILES string of the molecule is COC(=O)c1cccc(N2CC(C(=O)NCc3ccccc3F)CC2=O)c1. The molecule has 2 amide bonds. The molecule has 7 heteroatoms. The maximum atomic E-state index is 13.6. The molecular formula is C20H19FN2O4. The highest BCUT2D eigenvalue weighted by Crippen LogP contribution is 2.26. The molecule has 27 heavy (non-hydrogen) atoms. The Morgan fingerprint density at radius 3 is 2.74 bits per heavy atom. The van der Waals surface area contributed by atoms with Gasteiger partial charge in [-0.25, -0.2) is 9.18 Å². The van der Waals surface area contributed by atoms with Crippen LogP contribution >= 0.6 is 0 Å². The Bertz CT molecular complexity index is 884. The number of amides is 2. The van der Waals surface area contributed by atoms with Crippen LogP contribution in [-0.4, -0.2) is 31.4 Å². The lowest BCUT2D eigenvalue weighted by atomic mass is 10.1. The Kier molecular flexibility index (Phi) is 5.49. The Hall–Kier alpha value is -3.22. The minimum absolute atomic E-state index is 0.0611. The second-order valence-electron chi connectivity index (χ2n) is 6.26. The zero-order valence-corrected chi connectivity index (χ0v) is 14.8. The maximum Gasteiger partial charge on any atom is 0.337 e. The van der Waals surface area contributed by atoms with Gasteiger partial charge in [0.1, 0.15) is 5.82 Å². The second-order valence-corrected chi connectivity index (χ2v) is 6.26. The van der Waals surface area contributed by atoms with Crippen LogP contribution in [0.25, 0.3) is 0 Å². The summed E-state index contributed by atoms with van der Waals surface area (Å²) in [4.78, 5) is 37.9. The molecule has 2 aromatic carbocycles. The molecule has 6 nitrogen and oxygen atoms in total. The lowest BCUT2D eigenvalue weighted by molar-refractivity contribution is -0.126. The van der Waals surface area contributed by atoms with Gasteiger partial charge in [-0.2, -0.15) is 0 Å². The van der Waals surface area contributed by atoms with Crippen LogP contribution in [-0.2, 0) is 20.9 Å². The van der Waals surface area contributed by atoms with Gasteiger partial charge in [-0.05, 0) is 24.3 Å². The third-order valence-corrected chi connectivity index (χ3v) is 4.49. The molecule has 3 rings (SSSR count). The Morgan fingerprint density at radius 1 is 1.22 bits per heavy atom. The number of halogens is 1. The molecular weight excluding hydrogens is 351 g/mol. The van der Waals surface area contributed by atoms with Crippen LogP contribution in [0.5, 0.6) is 0 Å². The summed E-state index contributed by atoms with van der Waals surface area (Å²) in [5.74, 6) is -1.93. The van der Waals surface area contributed by atoms with Crippen molar-refractivity contribution < 1.29 is 23.5 Å². The van der Waals surface area contributed by atoms with E-state index in [9.17, 15) is 18.8 Å². The minimum Gasteiger partial charge on any atom is -0.465 e. The molecule has 1 heterocycles. The predicted molar refractivity (Wildman–Crippen MR) is 96.5 cm³/mol. The number of benzene rings is 2. The molecule has 1 saturated heterocycles. The number of methoxy groups -OCH3 is 1. The van der Waals surface area contributed by atoms with E-state index in [2.05, 4.69) is 10.1 Å². The number of hydrogen-bond acceptors (Lipinski definition) is 4. The molecule has 1 fully saturated rings. The summed E-state index contributed by atoms with van der Waals surface area (Å²) in [6.07, 6.45) is 0.0611. The molecule has 0 aliphatic carbocycles. The number of anilines is 1. The Labute approximate surface area is 155 Å². The summed E-state index contributed by atoms with van der Waals surface area (Å²) in [7, 11) is 1.28. The van der Waals surface area contributed by atoms with Crippen molar-refractivity contribution >= 4 is 23.5 Å². The molecule has 0 saturated carbocycles. The van der Waals surface area contributed by atoms with Crippen molar-refractivity contribution in [3.05, 3.63) is 65.5 Å². The normalized spacial score (nSPS) is 16.3. The number of nitrogens with one attached hydrogen (secondary N) is 1. The maximum absolute atomic E-state index is 13.6. The van der Waals surface area contributed by atoms with Gasteiger partial charge in [-0.3, -0.25) is 9.59 Å². The molecule has 1 atom stereocenters. The van der Waals surface area contributed by atoms with E-state index < -0.39 is 11.9 Å². The average molecular weight is 370 g/mol. The van der Waals surface area contributed by atoms with E-state index in [4.69, 9.17) is 0 Å². The molecule has 1 aliphatic heterocycles. The first-order valence-corrected chi connectivity index (χ1v) is 8.49. The highest BCUT2D eigenvalue weighted by Gasteiger charge is 2.35. The second kappa shape index (κ2) is 7.99. The molecule has 0 bridgehead atoms. The van der Waals surface area contributed by atoms with E-state index in [1.807, 2.05) is 0 Å². The molecule has 1 N–H and O–H groups in total. The fourth-order valence-corrected chi connectivity index (χ4v) is 3.02. The monoisotopic (exact) mass is 370 g/mol. The molecule has 2 aromatic rings. The molecule has 140 valence electrons. The van der Waals surface area contributed by atoms with Crippen LogP contribution in [0.1, 0.15) is 22.3 Å². The number of ether oxygens (including phenoxy) is 1. The molecule has 0 aromatic heterocycles. The predicted octanol–water partition coefficient (Wildman–Crippen LogP) is 2.28. The molecule has 0 spiro atoms. The van der Waals surface area contributed by atoms with Crippen molar-refractivity contribution in [3.8, 4) is 0 Å². The average Bonchev–Trinajstić information content (AvgIpc) is 3.08. The zero-order valence-electron chi connectivity index (χ0n) is 14.8. The van der Waals surface area contributed by atoms with Crippen LogP contribution in [0.2, 0.25) is 0 Å². The summed E-state index contributed by atoms with van der Waals surface area (Å²) in [5, 5.41) is 2.68. The van der Waals surface area contributed by atoms with Crippen LogP contribution in [0, 0.1) is 11.7 Å². The Balaban J connectivity index is 1.65. The van der Waals surface area contributed by atoms with Crippen molar-refractivity contribution in [1.82, 2.24) is 5.32 Å². The van der Waals surface area contributed by atoms with E-state index >= 15 is 0 Å². The van der Waals surface area contributed by atoms with Gasteiger partial charge in [0.2, 0.25) is 11.8 Å². The van der Waals surface area contributed by atoms with Crippen molar-refractivity contribution in [2.45, 2.75) is 13.0 Å². The minimum atomic E-state index is -0.536. The van der Waals surface area contributed by atoms with Gasteiger partial charge in [-0.15, -0.1) is 0 Å². The van der Waals surface area contributed by atoms with Gasteiger partial charge < -0.3 is 15.0 Å². The first kappa shape index (κ1) is 18.6. The number of rotatable bonds is 5. The number of carbonyl (C=O) groups is 3. The van der Waals surface area contributed by atoms with E-state index in [0.717, 1.165) is 0 Å². The zero-order chi connectivity index (χ0) is 19.4. The molecule has 1 aliphatic rings. The van der Waals surface area contributed by atoms with Gasteiger partial charge >= 0.3 is 5.97 Å². The lowest BCUT2D eigenvalue weighted by Crippen LogP contribution is -2.32. The van der Waals surface area contributed by atoms with E-state index in [-0.39, 0.29) is 37.1 Å². The standard InChI is InChI=1S/C20H19FN2O4/c1-27-20(26)13-6-4-7-16(9-13)23-12-15(10-18(23)24)19(25)22-11-14-5-2-3-8-17(14)21/h2-9,15H,10-12H2,1H3,(H,22,25). The van der Waals surface area contributed by atoms with Crippen LogP contribution < -0.4 is 10.2 Å². The van der Waals surface area contributed by atoms with E-state index in [0.29, 0.717) is 16.8 Å². The van der Waals surface area contributed by atoms with Crippen molar-refractivity contribution in [3.63, 3.8) is 0 Å². The van der Waals surface area contributed by atoms with Crippen LogP contribution in [0.3, 0.4) is 0 Å². The van der Waals surface area contributed by atoms with Crippen LogP contribution in [0.4, 0.5) is 10.1 Å².